The zero-order valence-electron chi connectivity index (χ0n) is 13.3. The summed E-state index contributed by atoms with van der Waals surface area (Å²) < 4.78 is 5.93. The van der Waals surface area contributed by atoms with Gasteiger partial charge in [-0.3, -0.25) is 0 Å². The molecular weight excluding hydrogens is 258 g/mol. The van der Waals surface area contributed by atoms with Crippen molar-refractivity contribution in [2.24, 2.45) is 0 Å². The molecule has 3 rings (SSSR count). The summed E-state index contributed by atoms with van der Waals surface area (Å²) in [6.45, 7) is 4.81. The predicted molar refractivity (Wildman–Crippen MR) is 88.1 cm³/mol. The molecule has 2 aliphatic rings. The Morgan fingerprint density at radius 1 is 0.857 bits per heavy atom. The van der Waals surface area contributed by atoms with Gasteiger partial charge in [0.05, 0.1) is 6.61 Å². The Hall–Kier alpha value is -1.02. The quantitative estimate of drug-likeness (QED) is 0.697. The van der Waals surface area contributed by atoms with E-state index < -0.39 is 0 Å². The third kappa shape index (κ3) is 4.47. The first kappa shape index (κ1) is 14.9. The van der Waals surface area contributed by atoms with E-state index in [1.165, 1.54) is 83.0 Å². The van der Waals surface area contributed by atoms with Crippen molar-refractivity contribution in [3.05, 3.63) is 29.3 Å². The topological polar surface area (TPSA) is 12.5 Å². The van der Waals surface area contributed by atoms with Crippen molar-refractivity contribution in [1.82, 2.24) is 4.90 Å². The van der Waals surface area contributed by atoms with E-state index in [0.29, 0.717) is 0 Å². The molecule has 2 nitrogen and oxygen atoms in total. The third-order valence-electron chi connectivity index (χ3n) is 4.91. The molecule has 21 heavy (non-hydrogen) atoms. The first-order chi connectivity index (χ1) is 10.4. The van der Waals surface area contributed by atoms with Crippen molar-refractivity contribution in [2.75, 3.05) is 26.2 Å². The van der Waals surface area contributed by atoms with Crippen molar-refractivity contribution in [1.29, 1.82) is 0 Å². The second-order valence-electron chi connectivity index (χ2n) is 6.60. The highest BCUT2D eigenvalue weighted by atomic mass is 16.5. The summed E-state index contributed by atoms with van der Waals surface area (Å²) in [6, 6.07) is 6.71. The number of ether oxygens (including phenoxy) is 1. The average molecular weight is 287 g/mol. The molecule has 1 heterocycles. The van der Waals surface area contributed by atoms with Gasteiger partial charge in [0.15, 0.2) is 0 Å². The van der Waals surface area contributed by atoms with Crippen LogP contribution in [-0.4, -0.2) is 31.1 Å². The Labute approximate surface area is 129 Å². The van der Waals surface area contributed by atoms with Gasteiger partial charge in [-0.15, -0.1) is 0 Å². The molecule has 1 aromatic rings. The van der Waals surface area contributed by atoms with Crippen LogP contribution in [0.1, 0.15) is 56.1 Å². The van der Waals surface area contributed by atoms with Gasteiger partial charge in [0.2, 0.25) is 0 Å². The molecule has 0 bridgehead atoms. The molecule has 0 unspecified atom stereocenters. The molecule has 0 atom stereocenters. The molecule has 1 fully saturated rings. The van der Waals surface area contributed by atoms with Gasteiger partial charge in [-0.1, -0.05) is 6.07 Å². The minimum Gasteiger partial charge on any atom is -0.494 e. The highest BCUT2D eigenvalue weighted by Gasteiger charge is 2.11. The maximum Gasteiger partial charge on any atom is 0.119 e. The van der Waals surface area contributed by atoms with Crippen LogP contribution in [0.2, 0.25) is 0 Å². The van der Waals surface area contributed by atoms with E-state index in [-0.39, 0.29) is 0 Å². The summed E-state index contributed by atoms with van der Waals surface area (Å²) in [6.07, 6.45) is 11.8. The normalized spacial score (nSPS) is 18.7. The number of unbranched alkanes of at least 4 members (excludes halogenated alkanes) is 2. The van der Waals surface area contributed by atoms with Crippen LogP contribution in [0.3, 0.4) is 0 Å². The lowest BCUT2D eigenvalue weighted by Gasteiger charge is -2.17. The van der Waals surface area contributed by atoms with E-state index in [1.807, 2.05) is 0 Å². The van der Waals surface area contributed by atoms with E-state index in [4.69, 9.17) is 4.74 Å². The highest BCUT2D eigenvalue weighted by molar-refractivity contribution is 5.37. The van der Waals surface area contributed by atoms with Crippen LogP contribution >= 0.6 is 0 Å². The summed E-state index contributed by atoms with van der Waals surface area (Å²) in [5.74, 6) is 1.08. The standard InChI is InChI=1S/C19H29NO/c1(4-12-20-13-5-6-14-20)7-15-21-19-11-10-17-8-2-3-9-18(17)16-19/h10-11,16H,1-9,12-15H2. The molecule has 0 N–H and O–H groups in total. The van der Waals surface area contributed by atoms with E-state index in [9.17, 15) is 0 Å². The van der Waals surface area contributed by atoms with Crippen molar-refractivity contribution in [2.45, 2.75) is 57.8 Å². The van der Waals surface area contributed by atoms with Crippen LogP contribution in [0.4, 0.5) is 0 Å². The van der Waals surface area contributed by atoms with Gasteiger partial charge in [0, 0.05) is 0 Å². The summed E-state index contributed by atoms with van der Waals surface area (Å²) in [5, 5.41) is 0. The number of hydrogen-bond acceptors (Lipinski definition) is 2. The zero-order valence-corrected chi connectivity index (χ0v) is 13.3. The fraction of sp³-hybridized carbons (Fsp3) is 0.684. The van der Waals surface area contributed by atoms with Gasteiger partial charge in [0.1, 0.15) is 5.75 Å². The van der Waals surface area contributed by atoms with Gasteiger partial charge in [-0.05, 0) is 101 Å². The SMILES string of the molecule is c1cc2c(cc1OCCCCCN1CCCC1)CCCC2. The molecule has 2 heteroatoms. The summed E-state index contributed by atoms with van der Waals surface area (Å²) in [4.78, 5) is 2.60. The van der Waals surface area contributed by atoms with Crippen LogP contribution in [0.5, 0.6) is 5.75 Å². The Morgan fingerprint density at radius 3 is 2.52 bits per heavy atom. The lowest BCUT2D eigenvalue weighted by Crippen LogP contribution is -2.20. The zero-order chi connectivity index (χ0) is 14.3. The van der Waals surface area contributed by atoms with Gasteiger partial charge in [-0.25, -0.2) is 0 Å². The summed E-state index contributed by atoms with van der Waals surface area (Å²) in [7, 11) is 0. The van der Waals surface area contributed by atoms with Crippen molar-refractivity contribution in [3.8, 4) is 5.75 Å². The van der Waals surface area contributed by atoms with Gasteiger partial charge >= 0.3 is 0 Å². The Bertz CT molecular complexity index is 437. The van der Waals surface area contributed by atoms with E-state index in [2.05, 4.69) is 23.1 Å². The maximum absolute atomic E-state index is 5.93. The fourth-order valence-corrected chi connectivity index (χ4v) is 3.61. The number of rotatable bonds is 7. The van der Waals surface area contributed by atoms with Gasteiger partial charge < -0.3 is 9.64 Å². The smallest absolute Gasteiger partial charge is 0.119 e. The largest absolute Gasteiger partial charge is 0.494 e. The lowest BCUT2D eigenvalue weighted by atomic mass is 9.92. The molecule has 1 saturated heterocycles. The van der Waals surface area contributed by atoms with Crippen LogP contribution in [0, 0.1) is 0 Å². The molecular formula is C19H29NO. The average Bonchev–Trinajstić information content (AvgIpc) is 3.04. The Morgan fingerprint density at radius 2 is 1.67 bits per heavy atom. The monoisotopic (exact) mass is 287 g/mol. The van der Waals surface area contributed by atoms with Crippen LogP contribution in [0.15, 0.2) is 18.2 Å². The fourth-order valence-electron chi connectivity index (χ4n) is 3.61. The van der Waals surface area contributed by atoms with E-state index in [1.54, 1.807) is 5.56 Å². The first-order valence-electron chi connectivity index (χ1n) is 8.89. The summed E-state index contributed by atoms with van der Waals surface area (Å²) in [5.41, 5.74) is 3.06. The number of nitrogens with zero attached hydrogens (tertiary/aromatic N) is 1. The second-order valence-corrected chi connectivity index (χ2v) is 6.60. The number of fused-ring (bicyclic) bond motifs is 1. The van der Waals surface area contributed by atoms with Crippen LogP contribution < -0.4 is 4.74 Å². The minimum atomic E-state index is 0.874. The number of likely N-dealkylation sites (tertiary alicyclic amines) is 1. The molecule has 0 spiro atoms. The molecule has 0 amide bonds. The predicted octanol–water partition coefficient (Wildman–Crippen LogP) is 4.21. The van der Waals surface area contributed by atoms with Crippen molar-refractivity contribution in [3.63, 3.8) is 0 Å². The molecule has 0 saturated carbocycles. The Balaban J connectivity index is 1.31. The first-order valence-corrected chi connectivity index (χ1v) is 8.89. The maximum atomic E-state index is 5.93. The van der Waals surface area contributed by atoms with Crippen molar-refractivity contribution >= 4 is 0 Å². The van der Waals surface area contributed by atoms with Crippen LogP contribution in [-0.2, 0) is 12.8 Å². The molecule has 0 aromatic heterocycles. The van der Waals surface area contributed by atoms with Gasteiger partial charge in [-0.2, -0.15) is 0 Å². The lowest BCUT2D eigenvalue weighted by molar-refractivity contribution is 0.290. The molecule has 1 aliphatic heterocycles. The minimum absolute atomic E-state index is 0.874. The second kappa shape index (κ2) is 7.84. The number of aryl methyl sites for hydroxylation is 2. The Kier molecular flexibility index (Phi) is 5.56. The summed E-state index contributed by atoms with van der Waals surface area (Å²) >= 11 is 0. The molecule has 1 aliphatic carbocycles. The highest BCUT2D eigenvalue weighted by Crippen LogP contribution is 2.25. The van der Waals surface area contributed by atoms with E-state index in [0.717, 1.165) is 12.4 Å². The molecule has 116 valence electrons. The van der Waals surface area contributed by atoms with Gasteiger partial charge in [0.25, 0.3) is 0 Å². The van der Waals surface area contributed by atoms with Crippen molar-refractivity contribution < 1.29 is 4.74 Å². The molecule has 1 aromatic carbocycles. The molecule has 0 radical (unpaired) electrons. The number of hydrogen-bond donors (Lipinski definition) is 0. The van der Waals surface area contributed by atoms with Crippen LogP contribution in [0.25, 0.3) is 0 Å². The number of benzene rings is 1. The van der Waals surface area contributed by atoms with E-state index >= 15 is 0 Å². The third-order valence-corrected chi connectivity index (χ3v) is 4.91.